The van der Waals surface area contributed by atoms with Crippen LogP contribution in [0.5, 0.6) is 0 Å². The molecule has 0 spiro atoms. The molecule has 130 valence electrons. The summed E-state index contributed by atoms with van der Waals surface area (Å²) < 4.78 is 24.1. The Labute approximate surface area is 149 Å². The van der Waals surface area contributed by atoms with Crippen molar-refractivity contribution in [3.05, 3.63) is 89.5 Å². The smallest absolute Gasteiger partial charge is 0.266 e. The second-order valence-electron chi connectivity index (χ2n) is 5.63. The SMILES string of the molecule is CN(C(=O)C(=C\Cc1ccccc1)/C=C/c1ccccc1)S(C)(=O)=O. The van der Waals surface area contributed by atoms with E-state index in [1.165, 1.54) is 7.05 Å². The molecule has 1 amide bonds. The largest absolute Gasteiger partial charge is 0.268 e. The topological polar surface area (TPSA) is 54.5 Å². The van der Waals surface area contributed by atoms with Crippen molar-refractivity contribution in [1.82, 2.24) is 4.31 Å². The Morgan fingerprint density at radius 3 is 2.12 bits per heavy atom. The van der Waals surface area contributed by atoms with Gasteiger partial charge in [-0.2, -0.15) is 0 Å². The Morgan fingerprint density at radius 1 is 1.00 bits per heavy atom. The third-order valence-electron chi connectivity index (χ3n) is 3.69. The lowest BCUT2D eigenvalue weighted by Gasteiger charge is -2.15. The highest BCUT2D eigenvalue weighted by Crippen LogP contribution is 2.12. The van der Waals surface area contributed by atoms with Gasteiger partial charge in [0.05, 0.1) is 6.26 Å². The predicted molar refractivity (Wildman–Crippen MR) is 101 cm³/mol. The minimum Gasteiger partial charge on any atom is -0.268 e. The highest BCUT2D eigenvalue weighted by molar-refractivity contribution is 7.88. The van der Waals surface area contributed by atoms with E-state index in [-0.39, 0.29) is 0 Å². The quantitative estimate of drug-likeness (QED) is 0.590. The summed E-state index contributed by atoms with van der Waals surface area (Å²) >= 11 is 0. The molecule has 0 fully saturated rings. The molecule has 0 radical (unpaired) electrons. The number of hydrogen-bond acceptors (Lipinski definition) is 3. The van der Waals surface area contributed by atoms with Crippen LogP contribution in [0.25, 0.3) is 6.08 Å². The third-order valence-corrected chi connectivity index (χ3v) is 4.85. The van der Waals surface area contributed by atoms with Gasteiger partial charge in [-0.05, 0) is 23.6 Å². The number of benzene rings is 2. The zero-order valence-electron chi connectivity index (χ0n) is 14.3. The number of sulfonamides is 1. The van der Waals surface area contributed by atoms with Crippen LogP contribution in [0, 0.1) is 0 Å². The first-order chi connectivity index (χ1) is 11.9. The Balaban J connectivity index is 2.30. The van der Waals surface area contributed by atoms with Gasteiger partial charge in [0.15, 0.2) is 0 Å². The Hall–Kier alpha value is -2.66. The summed E-state index contributed by atoms with van der Waals surface area (Å²) in [7, 11) is -2.34. The van der Waals surface area contributed by atoms with E-state index in [0.717, 1.165) is 21.7 Å². The van der Waals surface area contributed by atoms with Crippen molar-refractivity contribution >= 4 is 22.0 Å². The van der Waals surface area contributed by atoms with E-state index in [4.69, 9.17) is 0 Å². The standard InChI is InChI=1S/C20H21NO3S/c1-21(25(2,23)24)20(22)19(15-13-17-9-5-3-6-10-17)16-14-18-11-7-4-8-12-18/h3-13,15-16H,14H2,1-2H3/b15-13+,19-16-. The van der Waals surface area contributed by atoms with E-state index in [2.05, 4.69) is 0 Å². The maximum absolute atomic E-state index is 12.6. The van der Waals surface area contributed by atoms with Gasteiger partial charge in [0.1, 0.15) is 0 Å². The molecule has 0 N–H and O–H groups in total. The average molecular weight is 355 g/mol. The second kappa shape index (κ2) is 8.44. The summed E-state index contributed by atoms with van der Waals surface area (Å²) in [5.41, 5.74) is 2.31. The number of hydrogen-bond donors (Lipinski definition) is 0. The van der Waals surface area contributed by atoms with Crippen LogP contribution in [0.3, 0.4) is 0 Å². The van der Waals surface area contributed by atoms with Crippen molar-refractivity contribution in [1.29, 1.82) is 0 Å². The normalized spacial score (nSPS) is 12.3. The molecule has 0 atom stereocenters. The molecule has 0 saturated carbocycles. The monoisotopic (exact) mass is 355 g/mol. The summed E-state index contributed by atoms with van der Waals surface area (Å²) in [6.07, 6.45) is 6.76. The van der Waals surface area contributed by atoms with Crippen LogP contribution in [0.4, 0.5) is 0 Å². The van der Waals surface area contributed by atoms with Crippen molar-refractivity contribution in [2.24, 2.45) is 0 Å². The van der Waals surface area contributed by atoms with Gasteiger partial charge < -0.3 is 0 Å². The lowest BCUT2D eigenvalue weighted by molar-refractivity contribution is -0.121. The minimum absolute atomic E-state index is 0.334. The van der Waals surface area contributed by atoms with E-state index < -0.39 is 15.9 Å². The lowest BCUT2D eigenvalue weighted by Crippen LogP contribution is -2.33. The fourth-order valence-corrected chi connectivity index (χ4v) is 2.56. The van der Waals surface area contributed by atoms with Crippen molar-refractivity contribution < 1.29 is 13.2 Å². The van der Waals surface area contributed by atoms with Crippen LogP contribution in [0.15, 0.2) is 78.4 Å². The van der Waals surface area contributed by atoms with Gasteiger partial charge in [0.2, 0.25) is 10.0 Å². The van der Waals surface area contributed by atoms with Gasteiger partial charge in [-0.1, -0.05) is 72.8 Å². The van der Waals surface area contributed by atoms with Crippen molar-refractivity contribution in [2.75, 3.05) is 13.3 Å². The van der Waals surface area contributed by atoms with Crippen molar-refractivity contribution in [3.63, 3.8) is 0 Å². The molecule has 2 rings (SSSR count). The number of allylic oxidation sites excluding steroid dienone is 1. The number of carbonyl (C=O) groups is 1. The first-order valence-electron chi connectivity index (χ1n) is 7.83. The van der Waals surface area contributed by atoms with E-state index in [1.54, 1.807) is 18.2 Å². The van der Waals surface area contributed by atoms with Gasteiger partial charge in [0.25, 0.3) is 5.91 Å². The molecule has 0 aliphatic rings. The van der Waals surface area contributed by atoms with Crippen LogP contribution in [0.1, 0.15) is 11.1 Å². The van der Waals surface area contributed by atoms with Gasteiger partial charge in [-0.25, -0.2) is 12.7 Å². The number of amides is 1. The fraction of sp³-hybridized carbons (Fsp3) is 0.150. The highest BCUT2D eigenvalue weighted by atomic mass is 32.2. The van der Waals surface area contributed by atoms with Crippen LogP contribution in [-0.2, 0) is 21.2 Å². The first-order valence-corrected chi connectivity index (χ1v) is 9.68. The molecular weight excluding hydrogens is 334 g/mol. The molecule has 0 aliphatic carbocycles. The predicted octanol–water partition coefficient (Wildman–Crippen LogP) is 3.29. The molecule has 5 heteroatoms. The highest BCUT2D eigenvalue weighted by Gasteiger charge is 2.20. The number of nitrogens with zero attached hydrogens (tertiary/aromatic N) is 1. The zero-order chi connectivity index (χ0) is 18.3. The summed E-state index contributed by atoms with van der Waals surface area (Å²) in [4.78, 5) is 12.6. The van der Waals surface area contributed by atoms with E-state index in [0.29, 0.717) is 12.0 Å². The minimum atomic E-state index is -3.60. The first kappa shape index (κ1) is 18.7. The summed E-state index contributed by atoms with van der Waals surface area (Å²) in [6, 6.07) is 19.2. The summed E-state index contributed by atoms with van der Waals surface area (Å²) in [5.74, 6) is -0.550. The van der Waals surface area contributed by atoms with Crippen molar-refractivity contribution in [2.45, 2.75) is 6.42 Å². The van der Waals surface area contributed by atoms with Gasteiger partial charge >= 0.3 is 0 Å². The molecule has 2 aromatic carbocycles. The molecule has 0 aliphatic heterocycles. The van der Waals surface area contributed by atoms with E-state index in [9.17, 15) is 13.2 Å². The molecule has 25 heavy (non-hydrogen) atoms. The van der Waals surface area contributed by atoms with E-state index in [1.807, 2.05) is 60.7 Å². The molecule has 4 nitrogen and oxygen atoms in total. The Kier molecular flexibility index (Phi) is 6.31. The van der Waals surface area contributed by atoms with Gasteiger partial charge in [-0.3, -0.25) is 4.79 Å². The average Bonchev–Trinajstić information content (AvgIpc) is 2.61. The number of likely N-dealkylation sites (N-methyl/N-ethyl adjacent to an activating group) is 1. The Bertz CT molecular complexity index is 870. The van der Waals surface area contributed by atoms with Crippen LogP contribution in [-0.4, -0.2) is 31.9 Å². The fourth-order valence-electron chi connectivity index (χ4n) is 2.15. The number of carbonyl (C=O) groups excluding carboxylic acids is 1. The zero-order valence-corrected chi connectivity index (χ0v) is 15.1. The van der Waals surface area contributed by atoms with Gasteiger partial charge in [-0.15, -0.1) is 0 Å². The second-order valence-corrected chi connectivity index (χ2v) is 7.64. The van der Waals surface area contributed by atoms with Crippen molar-refractivity contribution in [3.8, 4) is 0 Å². The molecule has 0 unspecified atom stereocenters. The summed E-state index contributed by atoms with van der Waals surface area (Å²) in [5, 5.41) is 0. The molecule has 0 aromatic heterocycles. The molecule has 0 bridgehead atoms. The summed E-state index contributed by atoms with van der Waals surface area (Å²) in [6.45, 7) is 0. The maximum Gasteiger partial charge on any atom is 0.266 e. The third kappa shape index (κ3) is 5.72. The van der Waals surface area contributed by atoms with Gasteiger partial charge in [0, 0.05) is 12.6 Å². The van der Waals surface area contributed by atoms with E-state index >= 15 is 0 Å². The lowest BCUT2D eigenvalue weighted by atomic mass is 10.1. The molecule has 0 heterocycles. The van der Waals surface area contributed by atoms with Crippen LogP contribution >= 0.6 is 0 Å². The molecular formula is C20H21NO3S. The number of rotatable bonds is 6. The maximum atomic E-state index is 12.6. The molecule has 0 saturated heterocycles. The van der Waals surface area contributed by atoms with Crippen LogP contribution in [0.2, 0.25) is 0 Å². The van der Waals surface area contributed by atoms with Crippen LogP contribution < -0.4 is 0 Å². The Morgan fingerprint density at radius 2 is 1.56 bits per heavy atom. The molecule has 2 aromatic rings.